The number of rotatable bonds is 2. The Bertz CT molecular complexity index is 215. The number of aliphatic carboxylic acids is 1. The molecule has 4 nitrogen and oxygen atoms in total. The molecule has 1 aliphatic carbocycles. The van der Waals surface area contributed by atoms with E-state index < -0.39 is 11.9 Å². The summed E-state index contributed by atoms with van der Waals surface area (Å²) in [6, 6.07) is 0. The van der Waals surface area contributed by atoms with Gasteiger partial charge in [0, 0.05) is 12.8 Å². The van der Waals surface area contributed by atoms with Gasteiger partial charge in [0.05, 0.1) is 12.3 Å². The van der Waals surface area contributed by atoms with Crippen molar-refractivity contribution in [3.63, 3.8) is 0 Å². The summed E-state index contributed by atoms with van der Waals surface area (Å²) < 4.78 is 0. The second kappa shape index (κ2) is 3.47. The molecule has 1 aliphatic rings. The standard InChI is InChI=1S/C8H10O4/c9-6-2-1-3-7(10)5(6)4-8(11)12/h5H,1-4H2,(H,11,12). The summed E-state index contributed by atoms with van der Waals surface area (Å²) in [5.74, 6) is -2.37. The maximum atomic E-state index is 11.1. The smallest absolute Gasteiger partial charge is 0.304 e. The normalized spacial score (nSPS) is 19.7. The Morgan fingerprint density at radius 2 is 1.83 bits per heavy atom. The summed E-state index contributed by atoms with van der Waals surface area (Å²) in [6.45, 7) is 0. The molecule has 0 atom stereocenters. The Morgan fingerprint density at radius 3 is 2.25 bits per heavy atom. The minimum atomic E-state index is -1.08. The number of hydrogen-bond donors (Lipinski definition) is 1. The highest BCUT2D eigenvalue weighted by Crippen LogP contribution is 2.19. The van der Waals surface area contributed by atoms with E-state index in [1.807, 2.05) is 0 Å². The van der Waals surface area contributed by atoms with Crippen LogP contribution >= 0.6 is 0 Å². The van der Waals surface area contributed by atoms with Gasteiger partial charge in [0.2, 0.25) is 0 Å². The summed E-state index contributed by atoms with van der Waals surface area (Å²) in [5.41, 5.74) is 0. The van der Waals surface area contributed by atoms with E-state index in [0.717, 1.165) is 0 Å². The summed E-state index contributed by atoms with van der Waals surface area (Å²) in [6.07, 6.45) is 0.943. The summed E-state index contributed by atoms with van der Waals surface area (Å²) in [5, 5.41) is 8.40. The summed E-state index contributed by atoms with van der Waals surface area (Å²) in [7, 11) is 0. The first-order chi connectivity index (χ1) is 5.61. The molecular formula is C8H10O4. The third-order valence-electron chi connectivity index (χ3n) is 2.00. The molecule has 1 rings (SSSR count). The van der Waals surface area contributed by atoms with Crippen molar-refractivity contribution in [3.05, 3.63) is 0 Å². The maximum absolute atomic E-state index is 11.1. The van der Waals surface area contributed by atoms with Gasteiger partial charge in [0.25, 0.3) is 0 Å². The molecule has 66 valence electrons. The van der Waals surface area contributed by atoms with Crippen molar-refractivity contribution in [2.75, 3.05) is 0 Å². The van der Waals surface area contributed by atoms with Crippen molar-refractivity contribution < 1.29 is 19.5 Å². The van der Waals surface area contributed by atoms with Crippen molar-refractivity contribution in [2.45, 2.75) is 25.7 Å². The lowest BCUT2D eigenvalue weighted by Crippen LogP contribution is -2.30. The second-order valence-corrected chi connectivity index (χ2v) is 2.94. The summed E-state index contributed by atoms with van der Waals surface area (Å²) in [4.78, 5) is 32.4. The zero-order valence-corrected chi connectivity index (χ0v) is 6.58. The first-order valence-electron chi connectivity index (χ1n) is 3.88. The molecule has 0 saturated heterocycles. The van der Waals surface area contributed by atoms with Crippen molar-refractivity contribution in [3.8, 4) is 0 Å². The van der Waals surface area contributed by atoms with E-state index in [0.29, 0.717) is 19.3 Å². The van der Waals surface area contributed by atoms with Crippen LogP contribution in [0.2, 0.25) is 0 Å². The van der Waals surface area contributed by atoms with Gasteiger partial charge in [0.15, 0.2) is 0 Å². The van der Waals surface area contributed by atoms with Crippen molar-refractivity contribution in [2.24, 2.45) is 5.92 Å². The van der Waals surface area contributed by atoms with Crippen LogP contribution in [-0.2, 0) is 14.4 Å². The molecule has 0 amide bonds. The molecule has 0 radical (unpaired) electrons. The molecule has 0 spiro atoms. The van der Waals surface area contributed by atoms with Crippen molar-refractivity contribution in [1.29, 1.82) is 0 Å². The Balaban J connectivity index is 2.63. The maximum Gasteiger partial charge on any atom is 0.304 e. The van der Waals surface area contributed by atoms with Gasteiger partial charge < -0.3 is 5.11 Å². The number of hydrogen-bond acceptors (Lipinski definition) is 3. The highest BCUT2D eigenvalue weighted by atomic mass is 16.4. The van der Waals surface area contributed by atoms with Crippen LogP contribution in [0.15, 0.2) is 0 Å². The first kappa shape index (κ1) is 8.90. The van der Waals surface area contributed by atoms with Gasteiger partial charge in [-0.2, -0.15) is 0 Å². The van der Waals surface area contributed by atoms with Crippen LogP contribution in [0.5, 0.6) is 0 Å². The zero-order valence-electron chi connectivity index (χ0n) is 6.58. The fourth-order valence-corrected chi connectivity index (χ4v) is 1.37. The summed E-state index contributed by atoms with van der Waals surface area (Å²) >= 11 is 0. The van der Waals surface area contributed by atoms with E-state index >= 15 is 0 Å². The van der Waals surface area contributed by atoms with Crippen LogP contribution in [0, 0.1) is 5.92 Å². The minimum Gasteiger partial charge on any atom is -0.481 e. The average Bonchev–Trinajstić information content (AvgIpc) is 1.97. The molecule has 12 heavy (non-hydrogen) atoms. The van der Waals surface area contributed by atoms with Gasteiger partial charge >= 0.3 is 5.97 Å². The average molecular weight is 170 g/mol. The van der Waals surface area contributed by atoms with Gasteiger partial charge in [-0.3, -0.25) is 14.4 Å². The fraction of sp³-hybridized carbons (Fsp3) is 0.625. The third kappa shape index (κ3) is 1.90. The molecule has 0 aromatic carbocycles. The van der Waals surface area contributed by atoms with E-state index in [9.17, 15) is 14.4 Å². The van der Waals surface area contributed by atoms with E-state index in [2.05, 4.69) is 0 Å². The largest absolute Gasteiger partial charge is 0.481 e. The zero-order chi connectivity index (χ0) is 9.14. The highest BCUT2D eigenvalue weighted by molar-refractivity contribution is 6.06. The lowest BCUT2D eigenvalue weighted by molar-refractivity contribution is -0.145. The van der Waals surface area contributed by atoms with Crippen molar-refractivity contribution in [1.82, 2.24) is 0 Å². The number of carbonyl (C=O) groups is 3. The van der Waals surface area contributed by atoms with E-state index in [1.165, 1.54) is 0 Å². The number of carboxylic acid groups (broad SMARTS) is 1. The Hall–Kier alpha value is -1.19. The lowest BCUT2D eigenvalue weighted by Gasteiger charge is -2.16. The molecule has 0 unspecified atom stereocenters. The van der Waals surface area contributed by atoms with Crippen LogP contribution in [0.1, 0.15) is 25.7 Å². The molecule has 1 fully saturated rings. The molecule has 4 heteroatoms. The van der Waals surface area contributed by atoms with Gasteiger partial charge in [-0.05, 0) is 6.42 Å². The Labute approximate surface area is 69.6 Å². The van der Waals surface area contributed by atoms with Gasteiger partial charge in [-0.1, -0.05) is 0 Å². The van der Waals surface area contributed by atoms with Crippen LogP contribution in [-0.4, -0.2) is 22.6 Å². The van der Waals surface area contributed by atoms with Crippen LogP contribution < -0.4 is 0 Å². The second-order valence-electron chi connectivity index (χ2n) is 2.94. The Morgan fingerprint density at radius 1 is 1.33 bits per heavy atom. The van der Waals surface area contributed by atoms with E-state index in [-0.39, 0.29) is 18.0 Å². The predicted octanol–water partition coefficient (Wildman–Crippen LogP) is 0.399. The highest BCUT2D eigenvalue weighted by Gasteiger charge is 2.31. The van der Waals surface area contributed by atoms with E-state index in [4.69, 9.17) is 5.11 Å². The van der Waals surface area contributed by atoms with Gasteiger partial charge in [0.1, 0.15) is 11.6 Å². The van der Waals surface area contributed by atoms with Crippen LogP contribution in [0.25, 0.3) is 0 Å². The predicted molar refractivity (Wildman–Crippen MR) is 39.6 cm³/mol. The SMILES string of the molecule is O=C(O)CC1C(=O)CCCC1=O. The van der Waals surface area contributed by atoms with Gasteiger partial charge in [-0.15, -0.1) is 0 Å². The molecule has 0 aromatic heterocycles. The number of Topliss-reactive ketones (excluding diaryl/α,β-unsaturated/α-hetero) is 2. The Kier molecular flexibility index (Phi) is 2.58. The molecule has 1 N–H and O–H groups in total. The lowest BCUT2D eigenvalue weighted by atomic mass is 9.85. The molecule has 0 aromatic rings. The first-order valence-corrected chi connectivity index (χ1v) is 3.88. The third-order valence-corrected chi connectivity index (χ3v) is 2.00. The molecule has 0 aliphatic heterocycles. The monoisotopic (exact) mass is 170 g/mol. The minimum absolute atomic E-state index is 0.214. The number of carbonyl (C=O) groups excluding carboxylic acids is 2. The fourth-order valence-electron chi connectivity index (χ4n) is 1.37. The molecule has 0 bridgehead atoms. The quantitative estimate of drug-likeness (QED) is 0.609. The topological polar surface area (TPSA) is 71.4 Å². The van der Waals surface area contributed by atoms with Gasteiger partial charge in [-0.25, -0.2) is 0 Å². The van der Waals surface area contributed by atoms with Crippen LogP contribution in [0.3, 0.4) is 0 Å². The van der Waals surface area contributed by atoms with E-state index in [1.54, 1.807) is 0 Å². The van der Waals surface area contributed by atoms with Crippen LogP contribution in [0.4, 0.5) is 0 Å². The number of ketones is 2. The number of carboxylic acids is 1. The molecule has 0 heterocycles. The molecule has 1 saturated carbocycles. The molecular weight excluding hydrogens is 160 g/mol. The van der Waals surface area contributed by atoms with Crippen molar-refractivity contribution >= 4 is 17.5 Å².